The van der Waals surface area contributed by atoms with Crippen molar-refractivity contribution in [1.82, 2.24) is 33.8 Å². The Morgan fingerprint density at radius 3 is 2.43 bits per heavy atom. The van der Waals surface area contributed by atoms with Gasteiger partial charge in [-0.2, -0.15) is 5.26 Å². The Balaban J connectivity index is 1.27. The number of hydrogen-bond acceptors (Lipinski definition) is 9. The molecule has 0 saturated carbocycles. The van der Waals surface area contributed by atoms with Gasteiger partial charge >= 0.3 is 5.69 Å². The van der Waals surface area contributed by atoms with Crippen molar-refractivity contribution in [2.24, 2.45) is 0 Å². The van der Waals surface area contributed by atoms with Gasteiger partial charge in [-0.1, -0.05) is 25.1 Å². The molecule has 12 heteroatoms. The number of para-hydroxylation sites is 1. The van der Waals surface area contributed by atoms with Gasteiger partial charge in [0.15, 0.2) is 11.5 Å². The van der Waals surface area contributed by atoms with Crippen LogP contribution < -0.4 is 16.2 Å². The van der Waals surface area contributed by atoms with Crippen LogP contribution in [0.15, 0.2) is 77.4 Å². The third kappa shape index (κ3) is 6.50. The number of likely N-dealkylation sites (tertiary alicyclic amines) is 1. The molecule has 4 aromatic rings. The molecule has 6 rings (SSSR count). The maximum absolute atomic E-state index is 14.2. The molecule has 2 saturated heterocycles. The number of nitrogens with zero attached hydrogens (tertiary/aromatic N) is 8. The molecule has 4 heterocycles. The smallest absolute Gasteiger partial charge is 0.335 e. The van der Waals surface area contributed by atoms with Crippen LogP contribution in [-0.2, 0) is 4.79 Å². The van der Waals surface area contributed by atoms with E-state index < -0.39 is 5.54 Å². The number of ether oxygens (including phenoxy) is 1. The summed E-state index contributed by atoms with van der Waals surface area (Å²) >= 11 is 0. The molecule has 2 aromatic carbocycles. The third-order valence-corrected chi connectivity index (χ3v) is 9.29. The van der Waals surface area contributed by atoms with E-state index in [1.807, 2.05) is 30.3 Å². The van der Waals surface area contributed by atoms with E-state index in [9.17, 15) is 14.9 Å². The van der Waals surface area contributed by atoms with Crippen molar-refractivity contribution in [3.63, 3.8) is 0 Å². The summed E-state index contributed by atoms with van der Waals surface area (Å²) in [6, 6.07) is 18.4. The summed E-state index contributed by atoms with van der Waals surface area (Å²) in [7, 11) is 0. The first kappa shape index (κ1) is 32.0. The van der Waals surface area contributed by atoms with Crippen LogP contribution in [0.4, 0.5) is 5.82 Å². The van der Waals surface area contributed by atoms with Crippen molar-refractivity contribution in [2.45, 2.75) is 45.2 Å². The molecule has 47 heavy (non-hydrogen) atoms. The molecule has 12 nitrogen and oxygen atoms in total. The standard InChI is InChI=1S/C35H41N9O3/c1-4-40-17-19-42(20-18-40)35(2,3)21-25(22-36)33(45)41-16-8-9-27(23-41)44-32-30(31(37)38-24-39-32)43(34(44)46)26-12-14-29(15-13-26)47-28-10-6-5-7-11-28/h5-7,10-15,21,24,27H,4,8-9,16-20,23H2,1-3H3,(H2,37,38,39). The van der Waals surface area contributed by atoms with Gasteiger partial charge in [-0.15, -0.1) is 0 Å². The van der Waals surface area contributed by atoms with E-state index in [1.165, 1.54) is 10.9 Å². The highest BCUT2D eigenvalue weighted by Crippen LogP contribution is 2.30. The Labute approximate surface area is 274 Å². The van der Waals surface area contributed by atoms with Gasteiger partial charge in [0, 0.05) is 44.8 Å². The van der Waals surface area contributed by atoms with E-state index in [1.54, 1.807) is 39.8 Å². The summed E-state index contributed by atoms with van der Waals surface area (Å²) in [4.78, 5) is 43.1. The molecule has 0 bridgehead atoms. The van der Waals surface area contributed by atoms with Gasteiger partial charge in [0.1, 0.15) is 35.0 Å². The Bertz CT molecular complexity index is 1860. The van der Waals surface area contributed by atoms with Crippen molar-refractivity contribution in [1.29, 1.82) is 5.26 Å². The van der Waals surface area contributed by atoms with E-state index in [0.29, 0.717) is 47.7 Å². The first-order chi connectivity index (χ1) is 22.7. The van der Waals surface area contributed by atoms with Gasteiger partial charge in [-0.05, 0) is 75.7 Å². The Morgan fingerprint density at radius 2 is 1.74 bits per heavy atom. The highest BCUT2D eigenvalue weighted by Gasteiger charge is 2.34. The van der Waals surface area contributed by atoms with Gasteiger partial charge in [0.2, 0.25) is 0 Å². The topological polar surface area (TPSA) is 139 Å². The zero-order valence-electron chi connectivity index (χ0n) is 27.2. The number of nitrogens with two attached hydrogens (primary N) is 1. The lowest BCUT2D eigenvalue weighted by molar-refractivity contribution is -0.128. The second-order valence-electron chi connectivity index (χ2n) is 12.6. The van der Waals surface area contributed by atoms with Gasteiger partial charge in [-0.3, -0.25) is 18.8 Å². The maximum Gasteiger partial charge on any atom is 0.335 e. The van der Waals surface area contributed by atoms with E-state index in [4.69, 9.17) is 10.5 Å². The Morgan fingerprint density at radius 1 is 1.04 bits per heavy atom. The molecular formula is C35H41N9O3. The molecule has 1 amide bonds. The fraction of sp³-hybridized carbons (Fsp3) is 0.400. The monoisotopic (exact) mass is 635 g/mol. The minimum Gasteiger partial charge on any atom is -0.457 e. The molecule has 0 aliphatic carbocycles. The number of anilines is 1. The Kier molecular flexibility index (Phi) is 9.11. The lowest BCUT2D eigenvalue weighted by atomic mass is 9.96. The average Bonchev–Trinajstić information content (AvgIpc) is 3.40. The summed E-state index contributed by atoms with van der Waals surface area (Å²) in [6.45, 7) is 11.7. The second kappa shape index (κ2) is 13.4. The lowest BCUT2D eigenvalue weighted by Crippen LogP contribution is -2.54. The Hall–Kier alpha value is -4.99. The van der Waals surface area contributed by atoms with Crippen LogP contribution in [0.3, 0.4) is 0 Å². The SMILES string of the molecule is CCN1CCN(C(C)(C)C=C(C#N)C(=O)N2CCCC(n3c(=O)n(-c4ccc(Oc5ccccc5)cc4)c4c(N)ncnc43)C2)CC1. The molecule has 1 unspecified atom stereocenters. The maximum atomic E-state index is 14.2. The van der Waals surface area contributed by atoms with Crippen LogP contribution >= 0.6 is 0 Å². The number of imidazole rings is 1. The molecule has 2 aliphatic heterocycles. The summed E-state index contributed by atoms with van der Waals surface area (Å²) in [5.74, 6) is 1.18. The van der Waals surface area contributed by atoms with Crippen molar-refractivity contribution in [3.05, 3.63) is 83.1 Å². The number of aromatic nitrogens is 4. The van der Waals surface area contributed by atoms with E-state index in [0.717, 1.165) is 32.7 Å². The number of nitrogen functional groups attached to an aromatic ring is 1. The molecule has 2 aromatic heterocycles. The number of piperazine rings is 1. The fourth-order valence-electron chi connectivity index (χ4n) is 6.67. The largest absolute Gasteiger partial charge is 0.457 e. The van der Waals surface area contributed by atoms with Crippen molar-refractivity contribution in [3.8, 4) is 23.3 Å². The zero-order valence-corrected chi connectivity index (χ0v) is 27.2. The molecule has 1 atom stereocenters. The number of piperidine rings is 1. The van der Waals surface area contributed by atoms with Crippen LogP contribution in [0.1, 0.15) is 39.7 Å². The lowest BCUT2D eigenvalue weighted by Gasteiger charge is -2.42. The van der Waals surface area contributed by atoms with E-state index in [2.05, 4.69) is 46.6 Å². The molecular weight excluding hydrogens is 594 g/mol. The van der Waals surface area contributed by atoms with Crippen molar-refractivity contribution < 1.29 is 9.53 Å². The summed E-state index contributed by atoms with van der Waals surface area (Å²) < 4.78 is 9.07. The molecule has 2 fully saturated rings. The summed E-state index contributed by atoms with van der Waals surface area (Å²) in [5, 5.41) is 10.1. The number of likely N-dealkylation sites (N-methyl/N-ethyl adjacent to an activating group) is 1. The first-order valence-corrected chi connectivity index (χ1v) is 16.2. The van der Waals surface area contributed by atoms with Gasteiger partial charge < -0.3 is 20.3 Å². The molecule has 2 N–H and O–H groups in total. The van der Waals surface area contributed by atoms with Gasteiger partial charge in [0.25, 0.3) is 5.91 Å². The second-order valence-corrected chi connectivity index (χ2v) is 12.6. The minimum absolute atomic E-state index is 0.118. The number of benzene rings is 2. The normalized spacial score (nSPS) is 18.3. The van der Waals surface area contributed by atoms with Crippen LogP contribution in [0.25, 0.3) is 16.9 Å². The highest BCUT2D eigenvalue weighted by molar-refractivity contribution is 5.97. The third-order valence-electron chi connectivity index (χ3n) is 9.29. The van der Waals surface area contributed by atoms with Crippen molar-refractivity contribution >= 4 is 22.9 Å². The molecule has 0 radical (unpaired) electrons. The van der Waals surface area contributed by atoms with Crippen LogP contribution in [0.2, 0.25) is 0 Å². The number of carbonyl (C=O) groups is 1. The predicted octanol–water partition coefficient (Wildman–Crippen LogP) is 3.99. The average molecular weight is 636 g/mol. The predicted molar refractivity (Wildman–Crippen MR) is 180 cm³/mol. The minimum atomic E-state index is -0.462. The molecule has 244 valence electrons. The number of rotatable bonds is 8. The van der Waals surface area contributed by atoms with Gasteiger partial charge in [0.05, 0.1) is 11.7 Å². The van der Waals surface area contributed by atoms with Crippen LogP contribution in [0.5, 0.6) is 11.5 Å². The molecule has 0 spiro atoms. The highest BCUT2D eigenvalue weighted by atomic mass is 16.5. The van der Waals surface area contributed by atoms with Crippen molar-refractivity contribution in [2.75, 3.05) is 51.5 Å². The first-order valence-electron chi connectivity index (χ1n) is 16.2. The number of nitriles is 1. The number of hydrogen-bond donors (Lipinski definition) is 1. The fourth-order valence-corrected chi connectivity index (χ4v) is 6.67. The van der Waals surface area contributed by atoms with Gasteiger partial charge in [-0.25, -0.2) is 14.8 Å². The van der Waals surface area contributed by atoms with E-state index >= 15 is 0 Å². The molecule has 2 aliphatic rings. The summed E-state index contributed by atoms with van der Waals surface area (Å²) in [6.07, 6.45) is 4.48. The van der Waals surface area contributed by atoms with Crippen LogP contribution in [0, 0.1) is 11.3 Å². The zero-order chi connectivity index (χ0) is 33.1. The summed E-state index contributed by atoms with van der Waals surface area (Å²) in [5.41, 5.74) is 7.06. The van der Waals surface area contributed by atoms with Crippen LogP contribution in [-0.4, -0.2) is 91.1 Å². The quantitative estimate of drug-likeness (QED) is 0.225. The number of carbonyl (C=O) groups excluding carboxylic acids is 1. The number of amides is 1. The number of fused-ring (bicyclic) bond motifs is 1. The van der Waals surface area contributed by atoms with E-state index in [-0.39, 0.29) is 35.6 Å².